The van der Waals surface area contributed by atoms with Crippen LogP contribution in [0.15, 0.2) is 40.9 Å². The molecule has 0 aliphatic heterocycles. The van der Waals surface area contributed by atoms with Crippen molar-refractivity contribution in [2.24, 2.45) is 0 Å². The van der Waals surface area contributed by atoms with E-state index in [0.717, 1.165) is 5.56 Å². The lowest BCUT2D eigenvalue weighted by Crippen LogP contribution is -2.05. The zero-order valence-electron chi connectivity index (χ0n) is 10.2. The molecule has 3 nitrogen and oxygen atoms in total. The number of halogens is 3. The molecule has 0 heterocycles. The highest BCUT2D eigenvalue weighted by Crippen LogP contribution is 2.27. The molecule has 0 amide bonds. The first-order valence-corrected chi connectivity index (χ1v) is 6.85. The molecule has 0 saturated carbocycles. The summed E-state index contributed by atoms with van der Waals surface area (Å²) in [5, 5.41) is 12.4. The number of aromatic carboxylic acids is 1. The van der Waals surface area contributed by atoms with Gasteiger partial charge in [0.2, 0.25) is 0 Å². The van der Waals surface area contributed by atoms with E-state index in [1.165, 1.54) is 12.1 Å². The van der Waals surface area contributed by atoms with Crippen LogP contribution in [-0.2, 0) is 6.54 Å². The second-order valence-corrected chi connectivity index (χ2v) is 5.30. The van der Waals surface area contributed by atoms with E-state index >= 15 is 0 Å². The van der Waals surface area contributed by atoms with Crippen LogP contribution in [0.3, 0.4) is 0 Å². The van der Waals surface area contributed by atoms with Crippen molar-refractivity contribution in [2.75, 3.05) is 5.32 Å². The van der Waals surface area contributed by atoms with Gasteiger partial charge in [-0.3, -0.25) is 0 Å². The maximum absolute atomic E-state index is 14.0. The lowest BCUT2D eigenvalue weighted by atomic mass is 10.2. The third-order valence-electron chi connectivity index (χ3n) is 2.71. The van der Waals surface area contributed by atoms with Gasteiger partial charge in [0.25, 0.3) is 0 Å². The Morgan fingerprint density at radius 1 is 1.25 bits per heavy atom. The van der Waals surface area contributed by atoms with E-state index in [4.69, 9.17) is 16.7 Å². The average molecular weight is 359 g/mol. The van der Waals surface area contributed by atoms with Crippen molar-refractivity contribution in [2.45, 2.75) is 6.54 Å². The van der Waals surface area contributed by atoms with Crippen molar-refractivity contribution in [3.05, 3.63) is 62.8 Å². The van der Waals surface area contributed by atoms with Crippen LogP contribution in [0.4, 0.5) is 10.1 Å². The number of benzene rings is 2. The van der Waals surface area contributed by atoms with E-state index in [1.54, 1.807) is 12.1 Å². The minimum absolute atomic E-state index is 0.0638. The maximum Gasteiger partial charge on any atom is 0.336 e. The summed E-state index contributed by atoms with van der Waals surface area (Å²) in [6.07, 6.45) is 0. The summed E-state index contributed by atoms with van der Waals surface area (Å²) in [7, 11) is 0. The minimum atomic E-state index is -1.18. The van der Waals surface area contributed by atoms with Gasteiger partial charge in [-0.25, -0.2) is 9.18 Å². The van der Waals surface area contributed by atoms with Crippen molar-refractivity contribution < 1.29 is 14.3 Å². The van der Waals surface area contributed by atoms with Crippen molar-refractivity contribution in [1.82, 2.24) is 0 Å². The first-order chi connectivity index (χ1) is 9.49. The fourth-order valence-corrected chi connectivity index (χ4v) is 2.29. The molecule has 0 aliphatic rings. The molecular formula is C14H10BrClFNO2. The smallest absolute Gasteiger partial charge is 0.336 e. The lowest BCUT2D eigenvalue weighted by molar-refractivity contribution is 0.0695. The first kappa shape index (κ1) is 14.8. The minimum Gasteiger partial charge on any atom is -0.478 e. The molecule has 0 spiro atoms. The molecule has 0 saturated heterocycles. The van der Waals surface area contributed by atoms with Crippen LogP contribution in [-0.4, -0.2) is 11.1 Å². The third-order valence-corrected chi connectivity index (χ3v) is 3.74. The molecule has 20 heavy (non-hydrogen) atoms. The molecule has 0 bridgehead atoms. The number of nitrogens with one attached hydrogen (secondary N) is 1. The summed E-state index contributed by atoms with van der Waals surface area (Å²) in [6, 6.07) is 9.90. The molecule has 0 aliphatic carbocycles. The van der Waals surface area contributed by atoms with Gasteiger partial charge in [0.05, 0.1) is 15.7 Å². The van der Waals surface area contributed by atoms with Crippen LogP contribution in [0.1, 0.15) is 15.9 Å². The van der Waals surface area contributed by atoms with Gasteiger partial charge in [-0.15, -0.1) is 0 Å². The standard InChI is InChI=1S/C14H10BrClFNO2/c15-12-10(14(19)20)5-6-11(13(12)17)18-7-8-1-3-9(16)4-2-8/h1-6,18H,7H2,(H,19,20). The Balaban J connectivity index is 2.16. The molecule has 0 unspecified atom stereocenters. The Labute approximate surface area is 128 Å². The van der Waals surface area contributed by atoms with E-state index < -0.39 is 11.8 Å². The van der Waals surface area contributed by atoms with Gasteiger partial charge < -0.3 is 10.4 Å². The SMILES string of the molecule is O=C(O)c1ccc(NCc2ccc(Cl)cc2)c(F)c1Br. The predicted octanol–water partition coefficient (Wildman–Crippen LogP) is 4.55. The van der Waals surface area contributed by atoms with Gasteiger partial charge in [-0.2, -0.15) is 0 Å². The Morgan fingerprint density at radius 2 is 1.90 bits per heavy atom. The second-order valence-electron chi connectivity index (χ2n) is 4.07. The number of anilines is 1. The highest BCUT2D eigenvalue weighted by atomic mass is 79.9. The van der Waals surface area contributed by atoms with Crippen LogP contribution < -0.4 is 5.32 Å². The Kier molecular flexibility index (Phi) is 4.62. The molecule has 0 radical (unpaired) electrons. The molecule has 2 N–H and O–H groups in total. The second kappa shape index (κ2) is 6.24. The van der Waals surface area contributed by atoms with Crippen molar-refractivity contribution in [3.8, 4) is 0 Å². The third kappa shape index (κ3) is 3.29. The van der Waals surface area contributed by atoms with Gasteiger partial charge >= 0.3 is 5.97 Å². The van der Waals surface area contributed by atoms with Gasteiger partial charge in [0.15, 0.2) is 5.82 Å². The number of rotatable bonds is 4. The maximum atomic E-state index is 14.0. The van der Waals surface area contributed by atoms with Crippen LogP contribution in [0.2, 0.25) is 5.02 Å². The lowest BCUT2D eigenvalue weighted by Gasteiger charge is -2.10. The summed E-state index contributed by atoms with van der Waals surface area (Å²) in [6.45, 7) is 0.410. The van der Waals surface area contributed by atoms with E-state index in [1.807, 2.05) is 12.1 Å². The number of carboxylic acid groups (broad SMARTS) is 1. The van der Waals surface area contributed by atoms with Gasteiger partial charge in [-0.05, 0) is 45.8 Å². The normalized spacial score (nSPS) is 10.3. The Hall–Kier alpha value is -1.59. The number of carboxylic acids is 1. The quantitative estimate of drug-likeness (QED) is 0.843. The summed E-state index contributed by atoms with van der Waals surface area (Å²) in [5.41, 5.74) is 1.06. The predicted molar refractivity (Wildman–Crippen MR) is 79.8 cm³/mol. The van der Waals surface area contributed by atoms with Gasteiger partial charge in [-0.1, -0.05) is 23.7 Å². The van der Waals surface area contributed by atoms with E-state index in [2.05, 4.69) is 21.2 Å². The molecule has 0 fully saturated rings. The van der Waals surface area contributed by atoms with E-state index in [-0.39, 0.29) is 15.7 Å². The Morgan fingerprint density at radius 3 is 2.50 bits per heavy atom. The van der Waals surface area contributed by atoms with Gasteiger partial charge in [0, 0.05) is 11.6 Å². The summed E-state index contributed by atoms with van der Waals surface area (Å²) in [4.78, 5) is 10.9. The van der Waals surface area contributed by atoms with Gasteiger partial charge in [0.1, 0.15) is 0 Å². The molecular weight excluding hydrogens is 349 g/mol. The molecule has 2 aromatic rings. The largest absolute Gasteiger partial charge is 0.478 e. The molecule has 2 aromatic carbocycles. The highest BCUT2D eigenvalue weighted by molar-refractivity contribution is 9.10. The van der Waals surface area contributed by atoms with Crippen LogP contribution in [0.5, 0.6) is 0 Å². The molecule has 104 valence electrons. The molecule has 6 heteroatoms. The zero-order chi connectivity index (χ0) is 14.7. The van der Waals surface area contributed by atoms with E-state index in [0.29, 0.717) is 11.6 Å². The van der Waals surface area contributed by atoms with Crippen molar-refractivity contribution >= 4 is 39.2 Å². The fraction of sp³-hybridized carbons (Fsp3) is 0.0714. The van der Waals surface area contributed by atoms with E-state index in [9.17, 15) is 9.18 Å². The van der Waals surface area contributed by atoms with Crippen molar-refractivity contribution in [1.29, 1.82) is 0 Å². The first-order valence-electron chi connectivity index (χ1n) is 5.68. The number of hydrogen-bond donors (Lipinski definition) is 2. The molecule has 0 atom stereocenters. The number of hydrogen-bond acceptors (Lipinski definition) is 2. The molecule has 0 aromatic heterocycles. The fourth-order valence-electron chi connectivity index (χ4n) is 1.65. The summed E-state index contributed by atoms with van der Waals surface area (Å²) in [5.74, 6) is -1.81. The monoisotopic (exact) mass is 357 g/mol. The average Bonchev–Trinajstić information content (AvgIpc) is 2.42. The highest BCUT2D eigenvalue weighted by Gasteiger charge is 2.15. The number of carbonyl (C=O) groups is 1. The topological polar surface area (TPSA) is 49.3 Å². The Bertz CT molecular complexity index is 646. The summed E-state index contributed by atoms with van der Waals surface area (Å²) < 4.78 is 13.9. The van der Waals surface area contributed by atoms with Crippen LogP contribution in [0, 0.1) is 5.82 Å². The van der Waals surface area contributed by atoms with Crippen LogP contribution >= 0.6 is 27.5 Å². The van der Waals surface area contributed by atoms with Crippen LogP contribution in [0.25, 0.3) is 0 Å². The summed E-state index contributed by atoms with van der Waals surface area (Å²) >= 11 is 8.73. The zero-order valence-corrected chi connectivity index (χ0v) is 12.5. The molecule has 2 rings (SSSR count). The van der Waals surface area contributed by atoms with Crippen molar-refractivity contribution in [3.63, 3.8) is 0 Å².